The number of carboxylic acids is 3. The van der Waals surface area contributed by atoms with E-state index in [1.54, 1.807) is 0 Å². The molecule has 0 bridgehead atoms. The maximum atomic E-state index is 13.0. The molecule has 5 aliphatic rings. The van der Waals surface area contributed by atoms with E-state index in [4.69, 9.17) is 19.7 Å². The largest absolute Gasteiger partial charge is 0.481 e. The molecule has 4 unspecified atom stereocenters. The van der Waals surface area contributed by atoms with E-state index in [-0.39, 0.29) is 46.0 Å². The van der Waals surface area contributed by atoms with Crippen molar-refractivity contribution in [3.05, 3.63) is 11.6 Å². The lowest BCUT2D eigenvalue weighted by molar-refractivity contribution is -0.216. The summed E-state index contributed by atoms with van der Waals surface area (Å²) in [6.07, 6.45) is 7.58. The predicted molar refractivity (Wildman–Crippen MR) is 174 cm³/mol. The Labute approximate surface area is 282 Å². The van der Waals surface area contributed by atoms with Crippen molar-refractivity contribution in [2.24, 2.45) is 50.2 Å². The Bertz CT molecular complexity index is 1390. The van der Waals surface area contributed by atoms with Crippen LogP contribution in [-0.4, -0.2) is 71.2 Å². The fourth-order valence-corrected chi connectivity index (χ4v) is 11.5. The maximum absolute atomic E-state index is 13.0. The minimum Gasteiger partial charge on any atom is -0.481 e. The van der Waals surface area contributed by atoms with E-state index in [9.17, 15) is 29.1 Å². The number of aliphatic carboxylic acids is 3. The second kappa shape index (κ2) is 12.2. The van der Waals surface area contributed by atoms with Gasteiger partial charge in [0.05, 0.1) is 5.41 Å². The topological polar surface area (TPSA) is 189 Å². The maximum Gasteiger partial charge on any atom is 0.407 e. The van der Waals surface area contributed by atoms with E-state index in [1.807, 2.05) is 6.92 Å². The van der Waals surface area contributed by atoms with Gasteiger partial charge in [0.1, 0.15) is 25.8 Å². The van der Waals surface area contributed by atoms with E-state index >= 15 is 0 Å². The number of hydrogen-bond acceptors (Lipinski definition) is 7. The summed E-state index contributed by atoms with van der Waals surface area (Å²) in [6, 6.07) is 0. The quantitative estimate of drug-likeness (QED) is 0.196. The number of rotatable bonds is 8. The van der Waals surface area contributed by atoms with Crippen LogP contribution in [0.1, 0.15) is 106 Å². The smallest absolute Gasteiger partial charge is 0.407 e. The zero-order chi connectivity index (χ0) is 35.5. The van der Waals surface area contributed by atoms with E-state index in [2.05, 4.69) is 51.3 Å². The Morgan fingerprint density at radius 2 is 1.42 bits per heavy atom. The van der Waals surface area contributed by atoms with Crippen LogP contribution in [0.3, 0.4) is 0 Å². The molecule has 0 saturated heterocycles. The molecule has 2 amide bonds. The van der Waals surface area contributed by atoms with E-state index in [1.165, 1.54) is 5.57 Å². The van der Waals surface area contributed by atoms with Gasteiger partial charge in [-0.2, -0.15) is 0 Å². The van der Waals surface area contributed by atoms with Crippen LogP contribution in [0.2, 0.25) is 0 Å². The Morgan fingerprint density at radius 3 is 2.04 bits per heavy atom. The van der Waals surface area contributed by atoms with Gasteiger partial charge in [0.25, 0.3) is 0 Å². The fraction of sp³-hybridized carbons (Fsp3) is 0.806. The first-order valence-corrected chi connectivity index (χ1v) is 17.5. The first-order valence-electron chi connectivity index (χ1n) is 17.5. The van der Waals surface area contributed by atoms with Gasteiger partial charge in [-0.1, -0.05) is 53.2 Å². The lowest BCUT2D eigenvalue weighted by Crippen LogP contribution is -2.66. The van der Waals surface area contributed by atoms with Crippen molar-refractivity contribution >= 4 is 30.1 Å². The monoisotopic (exact) mass is 674 g/mol. The summed E-state index contributed by atoms with van der Waals surface area (Å²) in [7, 11) is 0. The molecule has 4 saturated carbocycles. The number of nitrogens with one attached hydrogen (secondary N) is 2. The average Bonchev–Trinajstić information content (AvgIpc) is 2.99. The van der Waals surface area contributed by atoms with Crippen LogP contribution in [0.5, 0.6) is 0 Å². The van der Waals surface area contributed by atoms with Crippen LogP contribution in [0.4, 0.5) is 9.59 Å². The Morgan fingerprint density at radius 1 is 0.792 bits per heavy atom. The highest BCUT2D eigenvalue weighted by Crippen LogP contribution is 2.76. The van der Waals surface area contributed by atoms with Gasteiger partial charge in [0, 0.05) is 5.41 Å². The van der Waals surface area contributed by atoms with Gasteiger partial charge in [-0.3, -0.25) is 14.4 Å². The van der Waals surface area contributed by atoms with E-state index in [0.717, 1.165) is 44.9 Å². The first kappa shape index (κ1) is 36.0. The zero-order valence-electron chi connectivity index (χ0n) is 29.3. The lowest BCUT2D eigenvalue weighted by atomic mass is 9.33. The van der Waals surface area contributed by atoms with Crippen LogP contribution in [-0.2, 0) is 23.9 Å². The molecule has 9 atom stereocenters. The van der Waals surface area contributed by atoms with E-state index < -0.39 is 60.1 Å². The number of hydrogen-bond donors (Lipinski definition) is 5. The van der Waals surface area contributed by atoms with Crippen molar-refractivity contribution in [3.63, 3.8) is 0 Å². The molecule has 4 fully saturated rings. The highest BCUT2D eigenvalue weighted by Gasteiger charge is 2.70. The normalized spacial score (nSPS) is 41.1. The standard InChI is InChI=1S/C36H54N2O10/c1-31(2)13-15-36(28(43)44)16-14-34(5)21(22(36)17-31)7-8-24-32(3)11-10-25(48-30(46)38-19-27(41)42)33(4,23(32)9-12-35(24,34)6)20-47-29(45)37-18-26(39)40/h7,22-25H,8-20H2,1-6H3,(H,37,45)(H,38,46)(H,39,40)(H,41,42)(H,43,44)/t22-,23?,24?,25?,32-,33-,34+,35?,36-/m0/s1. The third kappa shape index (κ3) is 5.74. The summed E-state index contributed by atoms with van der Waals surface area (Å²) < 4.78 is 11.5. The van der Waals surface area contributed by atoms with Gasteiger partial charge in [0.15, 0.2) is 0 Å². The highest BCUT2D eigenvalue weighted by molar-refractivity contribution is 5.77. The number of amides is 2. The van der Waals surface area contributed by atoms with Crippen LogP contribution in [0, 0.1) is 50.2 Å². The molecule has 0 spiro atoms. The van der Waals surface area contributed by atoms with Crippen LogP contribution < -0.4 is 10.6 Å². The number of ether oxygens (including phenoxy) is 2. The number of carboxylic acid groups (broad SMARTS) is 3. The molecule has 0 aromatic carbocycles. The molecule has 268 valence electrons. The lowest BCUT2D eigenvalue weighted by Gasteiger charge is -2.71. The molecule has 5 aliphatic carbocycles. The van der Waals surface area contributed by atoms with Crippen molar-refractivity contribution in [2.45, 2.75) is 112 Å². The number of carbonyl (C=O) groups is 5. The van der Waals surface area contributed by atoms with Crippen molar-refractivity contribution in [1.82, 2.24) is 10.6 Å². The molecule has 0 radical (unpaired) electrons. The molecule has 0 aromatic rings. The van der Waals surface area contributed by atoms with Gasteiger partial charge in [-0.15, -0.1) is 0 Å². The van der Waals surface area contributed by atoms with Gasteiger partial charge in [-0.05, 0) is 104 Å². The van der Waals surface area contributed by atoms with Crippen LogP contribution in [0.25, 0.3) is 0 Å². The minimum atomic E-state index is -1.20. The first-order chi connectivity index (χ1) is 22.2. The van der Waals surface area contributed by atoms with Gasteiger partial charge >= 0.3 is 30.1 Å². The molecular weight excluding hydrogens is 620 g/mol. The summed E-state index contributed by atoms with van der Waals surface area (Å²) in [5.74, 6) is -2.89. The van der Waals surface area contributed by atoms with Crippen molar-refractivity contribution in [2.75, 3.05) is 19.7 Å². The molecule has 5 N–H and O–H groups in total. The summed E-state index contributed by atoms with van der Waals surface area (Å²) in [5.41, 5.74) is -0.734. The second-order valence-corrected chi connectivity index (χ2v) is 17.2. The Hall–Kier alpha value is -3.31. The molecule has 12 heteroatoms. The summed E-state index contributed by atoms with van der Waals surface area (Å²) in [5, 5.41) is 33.2. The molecule has 48 heavy (non-hydrogen) atoms. The van der Waals surface area contributed by atoms with Crippen LogP contribution in [0.15, 0.2) is 11.6 Å². The SMILES string of the molecule is CC1(C)CC[C@]2(C(=O)O)CC[C@]3(C)C(=CCC4C3(C)CCC3[C@](C)(COC(=O)NCC(=O)O)C(OC(=O)NCC(=O)O)CC[C@]43C)[C@@H]2C1. The molecular formula is C36H54N2O10. The van der Waals surface area contributed by atoms with E-state index in [0.29, 0.717) is 19.3 Å². The summed E-state index contributed by atoms with van der Waals surface area (Å²) >= 11 is 0. The molecule has 0 aliphatic heterocycles. The number of allylic oxidation sites excluding steroid dienone is 2. The Kier molecular flexibility index (Phi) is 9.17. The third-order valence-corrected chi connectivity index (χ3v) is 14.3. The summed E-state index contributed by atoms with van der Waals surface area (Å²) in [4.78, 5) is 60.4. The molecule has 0 heterocycles. The summed E-state index contributed by atoms with van der Waals surface area (Å²) in [6.45, 7) is 12.3. The Balaban J connectivity index is 1.49. The third-order valence-electron chi connectivity index (χ3n) is 14.3. The van der Waals surface area contributed by atoms with Crippen molar-refractivity contribution in [3.8, 4) is 0 Å². The molecule has 0 aromatic heterocycles. The van der Waals surface area contributed by atoms with Gasteiger partial charge < -0.3 is 35.4 Å². The zero-order valence-corrected chi connectivity index (χ0v) is 29.3. The second-order valence-electron chi connectivity index (χ2n) is 17.2. The fourth-order valence-electron chi connectivity index (χ4n) is 11.5. The van der Waals surface area contributed by atoms with Crippen LogP contribution >= 0.6 is 0 Å². The molecule has 5 rings (SSSR count). The number of fused-ring (bicyclic) bond motifs is 7. The molecule has 12 nitrogen and oxygen atoms in total. The average molecular weight is 675 g/mol. The minimum absolute atomic E-state index is 0.00256. The highest BCUT2D eigenvalue weighted by atomic mass is 16.6. The number of carbonyl (C=O) groups excluding carboxylic acids is 2. The number of alkyl carbamates (subject to hydrolysis) is 2. The van der Waals surface area contributed by atoms with Gasteiger partial charge in [0.2, 0.25) is 0 Å². The van der Waals surface area contributed by atoms with Crippen molar-refractivity contribution in [1.29, 1.82) is 0 Å². The van der Waals surface area contributed by atoms with Crippen molar-refractivity contribution < 1.29 is 48.8 Å². The van der Waals surface area contributed by atoms with Gasteiger partial charge in [-0.25, -0.2) is 9.59 Å². The predicted octanol–water partition coefficient (Wildman–Crippen LogP) is 5.84.